The largest absolute Gasteiger partial charge is 0.478 e. The number of pyridine rings is 1. The average Bonchev–Trinajstić information content (AvgIpc) is 3.41. The van der Waals surface area contributed by atoms with Crippen LogP contribution < -0.4 is 5.32 Å². The number of fused-ring (bicyclic) bond motifs is 1. The molecule has 2 aromatic heterocycles. The first-order valence-electron chi connectivity index (χ1n) is 9.25. The highest BCUT2D eigenvalue weighted by molar-refractivity contribution is 5.94. The lowest BCUT2D eigenvalue weighted by Crippen LogP contribution is -2.06. The summed E-state index contributed by atoms with van der Waals surface area (Å²) in [6.07, 6.45) is 8.48. The maximum Gasteiger partial charge on any atom is 0.339 e. The lowest BCUT2D eigenvalue weighted by molar-refractivity contribution is 0.0697. The number of hydrogen-bond donors (Lipinski definition) is 2. The van der Waals surface area contributed by atoms with Crippen molar-refractivity contribution in [3.05, 3.63) is 53.9 Å². The van der Waals surface area contributed by atoms with Crippen LogP contribution in [0.5, 0.6) is 0 Å². The number of carboxylic acids is 1. The molecule has 134 valence electrons. The highest BCUT2D eigenvalue weighted by atomic mass is 16.4. The molecule has 1 aliphatic rings. The van der Waals surface area contributed by atoms with Gasteiger partial charge in [-0.25, -0.2) is 9.78 Å². The molecule has 1 saturated carbocycles. The molecule has 1 aliphatic carbocycles. The molecule has 1 aromatic carbocycles. The molecular weight excluding hydrogens is 326 g/mol. The number of aromatic nitrogens is 2. The van der Waals surface area contributed by atoms with Gasteiger partial charge in [0.15, 0.2) is 0 Å². The molecule has 5 heteroatoms. The Kier molecular flexibility index (Phi) is 4.37. The zero-order chi connectivity index (χ0) is 18.1. The van der Waals surface area contributed by atoms with Crippen molar-refractivity contribution >= 4 is 28.4 Å². The molecule has 0 aliphatic heterocycles. The van der Waals surface area contributed by atoms with E-state index >= 15 is 0 Å². The average molecular weight is 349 g/mol. The Bertz CT molecular complexity index is 957. The van der Waals surface area contributed by atoms with Crippen LogP contribution in [-0.2, 0) is 6.54 Å². The van der Waals surface area contributed by atoms with Crippen molar-refractivity contribution in [2.75, 3.05) is 5.32 Å². The van der Waals surface area contributed by atoms with Crippen LogP contribution >= 0.6 is 0 Å². The Morgan fingerprint density at radius 1 is 1.31 bits per heavy atom. The van der Waals surface area contributed by atoms with E-state index in [0.717, 1.165) is 42.4 Å². The third-order valence-electron chi connectivity index (χ3n) is 4.97. The predicted octanol–water partition coefficient (Wildman–Crippen LogP) is 5.16. The zero-order valence-electron chi connectivity index (χ0n) is 14.9. The number of anilines is 2. The van der Waals surface area contributed by atoms with Gasteiger partial charge in [0, 0.05) is 35.5 Å². The van der Waals surface area contributed by atoms with E-state index in [0.29, 0.717) is 11.7 Å². The lowest BCUT2D eigenvalue weighted by Gasteiger charge is -2.11. The van der Waals surface area contributed by atoms with Crippen molar-refractivity contribution in [1.29, 1.82) is 0 Å². The minimum atomic E-state index is -0.950. The van der Waals surface area contributed by atoms with Gasteiger partial charge in [-0.3, -0.25) is 0 Å². The van der Waals surface area contributed by atoms with Crippen molar-refractivity contribution < 1.29 is 9.90 Å². The van der Waals surface area contributed by atoms with E-state index in [9.17, 15) is 9.90 Å². The highest BCUT2D eigenvalue weighted by Gasteiger charge is 2.26. The van der Waals surface area contributed by atoms with Gasteiger partial charge >= 0.3 is 5.97 Å². The van der Waals surface area contributed by atoms with E-state index in [2.05, 4.69) is 40.1 Å². The molecule has 0 unspecified atom stereocenters. The maximum absolute atomic E-state index is 11.6. The van der Waals surface area contributed by atoms with Crippen LogP contribution in [0.15, 0.2) is 42.7 Å². The summed E-state index contributed by atoms with van der Waals surface area (Å²) in [6, 6.07) is 9.95. The number of unbranched alkanes of at least 4 members (excludes halogenated alkanes) is 1. The van der Waals surface area contributed by atoms with E-state index in [1.807, 2.05) is 12.1 Å². The van der Waals surface area contributed by atoms with Gasteiger partial charge in [-0.1, -0.05) is 13.3 Å². The zero-order valence-corrected chi connectivity index (χ0v) is 14.9. The summed E-state index contributed by atoms with van der Waals surface area (Å²) in [6.45, 7) is 3.20. The Balaban J connectivity index is 1.61. The second-order valence-corrected chi connectivity index (χ2v) is 7.01. The predicted molar refractivity (Wildman–Crippen MR) is 103 cm³/mol. The fourth-order valence-electron chi connectivity index (χ4n) is 3.32. The van der Waals surface area contributed by atoms with E-state index < -0.39 is 5.97 Å². The number of carboxylic acid groups (broad SMARTS) is 1. The molecule has 2 N–H and O–H groups in total. The van der Waals surface area contributed by atoms with Gasteiger partial charge in [0.25, 0.3) is 0 Å². The van der Waals surface area contributed by atoms with Gasteiger partial charge in [-0.2, -0.15) is 0 Å². The maximum atomic E-state index is 11.6. The van der Waals surface area contributed by atoms with Gasteiger partial charge in [0.2, 0.25) is 0 Å². The molecule has 0 radical (unpaired) electrons. The SMILES string of the molecule is CCCCn1ccc2cc(Nc3ncc(C4CC4)cc3C(=O)O)ccc21. The highest BCUT2D eigenvalue weighted by Crippen LogP contribution is 2.40. The van der Waals surface area contributed by atoms with E-state index in [4.69, 9.17) is 0 Å². The minimum absolute atomic E-state index is 0.231. The number of carbonyl (C=O) groups is 1. The van der Waals surface area contributed by atoms with E-state index in [1.165, 1.54) is 11.9 Å². The lowest BCUT2D eigenvalue weighted by atomic mass is 10.1. The first-order valence-corrected chi connectivity index (χ1v) is 9.25. The van der Waals surface area contributed by atoms with Crippen LogP contribution in [0, 0.1) is 0 Å². The van der Waals surface area contributed by atoms with Gasteiger partial charge in [0.1, 0.15) is 11.4 Å². The standard InChI is InChI=1S/C21H23N3O2/c1-2-3-9-24-10-8-15-11-17(6-7-19(15)24)23-20-18(21(25)26)12-16(13-22-20)14-4-5-14/h6-8,10-14H,2-5,9H2,1H3,(H,22,23)(H,25,26). The van der Waals surface area contributed by atoms with Crippen molar-refractivity contribution in [2.45, 2.75) is 45.1 Å². The van der Waals surface area contributed by atoms with Gasteiger partial charge < -0.3 is 15.0 Å². The molecule has 0 atom stereocenters. The number of aromatic carboxylic acids is 1. The number of rotatable bonds is 7. The number of benzene rings is 1. The third kappa shape index (κ3) is 3.29. The van der Waals surface area contributed by atoms with Crippen molar-refractivity contribution in [3.63, 3.8) is 0 Å². The fraction of sp³-hybridized carbons (Fsp3) is 0.333. The molecule has 3 aromatic rings. The number of nitrogens with zero attached hydrogens (tertiary/aromatic N) is 2. The molecule has 0 amide bonds. The van der Waals surface area contributed by atoms with Crippen molar-refractivity contribution in [2.24, 2.45) is 0 Å². The number of nitrogens with one attached hydrogen (secondary N) is 1. The molecular formula is C21H23N3O2. The molecule has 0 bridgehead atoms. The number of hydrogen-bond acceptors (Lipinski definition) is 3. The van der Waals surface area contributed by atoms with Crippen LogP contribution in [0.25, 0.3) is 10.9 Å². The minimum Gasteiger partial charge on any atom is -0.478 e. The summed E-state index contributed by atoms with van der Waals surface area (Å²) in [5.41, 5.74) is 3.30. The molecule has 2 heterocycles. The van der Waals surface area contributed by atoms with Crippen molar-refractivity contribution in [3.8, 4) is 0 Å². The summed E-state index contributed by atoms with van der Waals surface area (Å²) < 4.78 is 2.26. The molecule has 5 nitrogen and oxygen atoms in total. The van der Waals surface area contributed by atoms with Crippen LogP contribution in [0.1, 0.15) is 54.4 Å². The second-order valence-electron chi connectivity index (χ2n) is 7.01. The first-order chi connectivity index (χ1) is 12.7. The van der Waals surface area contributed by atoms with Crippen LogP contribution in [-0.4, -0.2) is 20.6 Å². The Morgan fingerprint density at radius 3 is 2.88 bits per heavy atom. The second kappa shape index (κ2) is 6.83. The molecule has 4 rings (SSSR count). The normalized spacial score (nSPS) is 13.9. The number of aryl methyl sites for hydroxylation is 1. The van der Waals surface area contributed by atoms with Crippen molar-refractivity contribution in [1.82, 2.24) is 9.55 Å². The van der Waals surface area contributed by atoms with Crippen LogP contribution in [0.3, 0.4) is 0 Å². The molecule has 0 spiro atoms. The summed E-state index contributed by atoms with van der Waals surface area (Å²) in [5.74, 6) is -0.0742. The van der Waals surface area contributed by atoms with Gasteiger partial charge in [-0.05, 0) is 61.1 Å². The first kappa shape index (κ1) is 16.6. The summed E-state index contributed by atoms with van der Waals surface area (Å²) in [4.78, 5) is 16.0. The Morgan fingerprint density at radius 2 is 2.15 bits per heavy atom. The van der Waals surface area contributed by atoms with Gasteiger partial charge in [-0.15, -0.1) is 0 Å². The molecule has 0 saturated heterocycles. The Labute approximate surface area is 152 Å². The quantitative estimate of drug-likeness (QED) is 0.618. The summed E-state index contributed by atoms with van der Waals surface area (Å²) in [7, 11) is 0. The molecule has 1 fully saturated rings. The smallest absolute Gasteiger partial charge is 0.339 e. The van der Waals surface area contributed by atoms with Crippen LogP contribution in [0.4, 0.5) is 11.5 Å². The molecule has 26 heavy (non-hydrogen) atoms. The van der Waals surface area contributed by atoms with Gasteiger partial charge in [0.05, 0.1) is 0 Å². The monoisotopic (exact) mass is 349 g/mol. The fourth-order valence-corrected chi connectivity index (χ4v) is 3.32. The van der Waals surface area contributed by atoms with E-state index in [-0.39, 0.29) is 5.56 Å². The topological polar surface area (TPSA) is 67.2 Å². The van der Waals surface area contributed by atoms with E-state index in [1.54, 1.807) is 12.3 Å². The summed E-state index contributed by atoms with van der Waals surface area (Å²) >= 11 is 0. The summed E-state index contributed by atoms with van der Waals surface area (Å²) in [5, 5.41) is 13.9. The third-order valence-corrected chi connectivity index (χ3v) is 4.97. The van der Waals surface area contributed by atoms with Crippen LogP contribution in [0.2, 0.25) is 0 Å². The Hall–Kier alpha value is -2.82.